The van der Waals surface area contributed by atoms with Gasteiger partial charge in [-0.2, -0.15) is 0 Å². The van der Waals surface area contributed by atoms with Crippen LogP contribution in [0.1, 0.15) is 59.3 Å². The maximum atomic E-state index is 11.1. The molecule has 0 aliphatic rings. The maximum Gasteiger partial charge on any atom is 0.403 e. The van der Waals surface area contributed by atoms with Crippen molar-refractivity contribution in [2.45, 2.75) is 64.8 Å². The van der Waals surface area contributed by atoms with E-state index in [9.17, 15) is 4.57 Å². The predicted molar refractivity (Wildman–Crippen MR) is 67.3 cm³/mol. The van der Waals surface area contributed by atoms with E-state index in [4.69, 9.17) is 9.79 Å². The number of nitrogens with zero attached hydrogens (tertiary/aromatic N) is 1. The van der Waals surface area contributed by atoms with Gasteiger partial charge < -0.3 is 9.79 Å². The molecule has 0 rings (SSSR count). The molecule has 0 aromatic carbocycles. The summed E-state index contributed by atoms with van der Waals surface area (Å²) < 4.78 is 12.3. The van der Waals surface area contributed by atoms with E-state index in [1.165, 1.54) is 31.0 Å². The Morgan fingerprint density at radius 3 is 2.06 bits per heavy atom. The van der Waals surface area contributed by atoms with Crippen molar-refractivity contribution in [2.24, 2.45) is 0 Å². The van der Waals surface area contributed by atoms with E-state index < -0.39 is 13.3 Å². The molecule has 4 nitrogen and oxygen atoms in total. The third-order valence-corrected chi connectivity index (χ3v) is 4.48. The summed E-state index contributed by atoms with van der Waals surface area (Å²) in [6.07, 6.45) is 6.66. The molecule has 0 aliphatic heterocycles. The van der Waals surface area contributed by atoms with Crippen molar-refractivity contribution in [3.63, 3.8) is 0 Å². The average molecular weight is 251 g/mol. The molecular weight excluding hydrogens is 225 g/mol. The second kappa shape index (κ2) is 6.75. The molecule has 0 heterocycles. The number of rotatable bonds is 8. The Morgan fingerprint density at radius 1 is 1.12 bits per heavy atom. The molecule has 0 aromatic heterocycles. The molecule has 0 bridgehead atoms. The van der Waals surface area contributed by atoms with Crippen molar-refractivity contribution >= 4 is 7.75 Å². The van der Waals surface area contributed by atoms with Gasteiger partial charge in [0.1, 0.15) is 0 Å². The van der Waals surface area contributed by atoms with Crippen molar-refractivity contribution < 1.29 is 14.4 Å². The van der Waals surface area contributed by atoms with Crippen LogP contribution in [0.2, 0.25) is 0 Å². The van der Waals surface area contributed by atoms with Crippen molar-refractivity contribution in [1.29, 1.82) is 0 Å². The Morgan fingerprint density at radius 2 is 1.62 bits per heavy atom. The van der Waals surface area contributed by atoms with E-state index in [0.29, 0.717) is 0 Å². The zero-order chi connectivity index (χ0) is 12.8. The highest BCUT2D eigenvalue weighted by atomic mass is 31.2. The fourth-order valence-electron chi connectivity index (χ4n) is 1.68. The van der Waals surface area contributed by atoms with Crippen LogP contribution in [0, 0.1) is 0 Å². The van der Waals surface area contributed by atoms with Crippen LogP contribution in [0.5, 0.6) is 0 Å². The largest absolute Gasteiger partial charge is 0.403 e. The van der Waals surface area contributed by atoms with E-state index >= 15 is 0 Å². The molecule has 0 saturated heterocycles. The summed E-state index contributed by atoms with van der Waals surface area (Å²) in [6.45, 7) is 5.93. The molecule has 0 fully saturated rings. The highest BCUT2D eigenvalue weighted by molar-refractivity contribution is 7.49. The molecule has 0 amide bonds. The van der Waals surface area contributed by atoms with Crippen LogP contribution in [0.4, 0.5) is 0 Å². The normalized spacial score (nSPS) is 13.4. The van der Waals surface area contributed by atoms with Crippen LogP contribution in [-0.4, -0.2) is 27.0 Å². The van der Waals surface area contributed by atoms with Crippen LogP contribution >= 0.6 is 7.75 Å². The van der Waals surface area contributed by atoms with E-state index in [-0.39, 0.29) is 0 Å². The fourth-order valence-corrected chi connectivity index (χ4v) is 2.48. The van der Waals surface area contributed by atoms with Gasteiger partial charge in [-0.25, -0.2) is 9.24 Å². The molecule has 0 unspecified atom stereocenters. The van der Waals surface area contributed by atoms with Crippen LogP contribution in [0.3, 0.4) is 0 Å². The highest BCUT2D eigenvalue weighted by Gasteiger charge is 2.34. The second-order valence-electron chi connectivity index (χ2n) is 5.01. The zero-order valence-electron chi connectivity index (χ0n) is 10.9. The van der Waals surface area contributed by atoms with Gasteiger partial charge in [-0.1, -0.05) is 39.0 Å². The lowest BCUT2D eigenvalue weighted by Crippen LogP contribution is -2.38. The van der Waals surface area contributed by atoms with Gasteiger partial charge in [-0.15, -0.1) is 0 Å². The highest BCUT2D eigenvalue weighted by Crippen LogP contribution is 2.45. The molecule has 0 aromatic rings. The van der Waals surface area contributed by atoms with Gasteiger partial charge in [0, 0.05) is 5.54 Å². The fraction of sp³-hybridized carbons (Fsp3) is 1.00. The van der Waals surface area contributed by atoms with Crippen molar-refractivity contribution in [2.75, 3.05) is 7.05 Å². The molecular formula is C11H26NO3P. The molecule has 2 N–H and O–H groups in total. The van der Waals surface area contributed by atoms with Gasteiger partial charge in [0.2, 0.25) is 0 Å². The number of hydrogen-bond acceptors (Lipinski definition) is 1. The SMILES string of the molecule is CCCCCCCC(C)(C)N(C)P(=O)(O)O. The quantitative estimate of drug-likeness (QED) is 0.514. The van der Waals surface area contributed by atoms with Gasteiger partial charge in [-0.05, 0) is 27.3 Å². The number of unbranched alkanes of at least 4 members (excludes halogenated alkanes) is 4. The van der Waals surface area contributed by atoms with Crippen molar-refractivity contribution in [1.82, 2.24) is 4.67 Å². The summed E-state index contributed by atoms with van der Waals surface area (Å²) in [4.78, 5) is 18.2. The molecule has 5 heteroatoms. The monoisotopic (exact) mass is 251 g/mol. The first kappa shape index (κ1) is 16.1. The summed E-state index contributed by atoms with van der Waals surface area (Å²) in [5.74, 6) is 0. The Kier molecular flexibility index (Phi) is 6.80. The lowest BCUT2D eigenvalue weighted by Gasteiger charge is -2.35. The van der Waals surface area contributed by atoms with E-state index in [0.717, 1.165) is 19.3 Å². The minimum absolute atomic E-state index is 0.439. The standard InChI is InChI=1S/C11H26NO3P/c1-5-6-7-8-9-10-11(2,3)12(4)16(13,14)15/h5-10H2,1-4H3,(H2,13,14,15). The minimum Gasteiger partial charge on any atom is -0.312 e. The molecule has 0 saturated carbocycles. The summed E-state index contributed by atoms with van der Waals surface area (Å²) in [5, 5.41) is 0. The van der Waals surface area contributed by atoms with Gasteiger partial charge in [0.05, 0.1) is 0 Å². The summed E-state index contributed by atoms with van der Waals surface area (Å²) in [6, 6.07) is 0. The van der Waals surface area contributed by atoms with E-state index in [1.807, 2.05) is 13.8 Å². The Hall–Kier alpha value is 0.110. The minimum atomic E-state index is -4.11. The maximum absolute atomic E-state index is 11.1. The van der Waals surface area contributed by atoms with Gasteiger partial charge in [-0.3, -0.25) is 0 Å². The topological polar surface area (TPSA) is 60.8 Å². The van der Waals surface area contributed by atoms with Crippen LogP contribution in [0.15, 0.2) is 0 Å². The number of hydrogen-bond donors (Lipinski definition) is 2. The predicted octanol–water partition coefficient (Wildman–Crippen LogP) is 3.15. The van der Waals surface area contributed by atoms with Crippen LogP contribution in [-0.2, 0) is 4.57 Å². The summed E-state index contributed by atoms with van der Waals surface area (Å²) in [7, 11) is -2.61. The molecule has 0 atom stereocenters. The Labute approximate surface area is 99.3 Å². The first-order valence-corrected chi connectivity index (χ1v) is 7.58. The first-order chi connectivity index (χ1) is 7.22. The smallest absolute Gasteiger partial charge is 0.312 e. The molecule has 16 heavy (non-hydrogen) atoms. The molecule has 0 spiro atoms. The lowest BCUT2D eigenvalue weighted by molar-refractivity contribution is 0.182. The summed E-state index contributed by atoms with van der Waals surface area (Å²) in [5.41, 5.74) is -0.439. The van der Waals surface area contributed by atoms with Crippen LogP contribution < -0.4 is 0 Å². The zero-order valence-corrected chi connectivity index (χ0v) is 11.8. The van der Waals surface area contributed by atoms with E-state index in [1.54, 1.807) is 0 Å². The second-order valence-corrected chi connectivity index (χ2v) is 6.64. The van der Waals surface area contributed by atoms with Crippen LogP contribution in [0.25, 0.3) is 0 Å². The molecule has 0 aliphatic carbocycles. The Balaban J connectivity index is 4.00. The molecule has 98 valence electrons. The van der Waals surface area contributed by atoms with Crippen molar-refractivity contribution in [3.8, 4) is 0 Å². The summed E-state index contributed by atoms with van der Waals surface area (Å²) >= 11 is 0. The molecule has 0 radical (unpaired) electrons. The lowest BCUT2D eigenvalue weighted by atomic mass is 9.96. The first-order valence-electron chi connectivity index (χ1n) is 6.01. The third kappa shape index (κ3) is 6.00. The van der Waals surface area contributed by atoms with Crippen molar-refractivity contribution in [3.05, 3.63) is 0 Å². The van der Waals surface area contributed by atoms with Gasteiger partial charge >= 0.3 is 7.75 Å². The van der Waals surface area contributed by atoms with Gasteiger partial charge in [0.25, 0.3) is 0 Å². The third-order valence-electron chi connectivity index (χ3n) is 3.16. The van der Waals surface area contributed by atoms with E-state index in [2.05, 4.69) is 6.92 Å². The van der Waals surface area contributed by atoms with Gasteiger partial charge in [0.15, 0.2) is 0 Å². The average Bonchev–Trinajstić information content (AvgIpc) is 2.15. The Bertz CT molecular complexity index is 237.